The number of phenols is 1. The number of amides is 1. The zero-order valence-corrected chi connectivity index (χ0v) is 10.1. The highest BCUT2D eigenvalue weighted by Crippen LogP contribution is 2.21. The number of carbonyl (C=O) groups is 2. The number of carbonyl (C=O) groups excluding carboxylic acids is 1. The van der Waals surface area contributed by atoms with Crippen LogP contribution in [0.15, 0.2) is 18.2 Å². The van der Waals surface area contributed by atoms with Crippen LogP contribution < -0.4 is 10.6 Å². The summed E-state index contributed by atoms with van der Waals surface area (Å²) in [5, 5.41) is 23.6. The summed E-state index contributed by atoms with van der Waals surface area (Å²) < 4.78 is 0. The molecule has 0 saturated heterocycles. The van der Waals surface area contributed by atoms with Crippen LogP contribution in [0, 0.1) is 0 Å². The van der Waals surface area contributed by atoms with E-state index < -0.39 is 5.97 Å². The Morgan fingerprint density at radius 1 is 1.33 bits per heavy atom. The molecule has 0 unspecified atom stereocenters. The molecule has 0 aliphatic heterocycles. The summed E-state index contributed by atoms with van der Waals surface area (Å²) in [4.78, 5) is 22.3. The van der Waals surface area contributed by atoms with Crippen LogP contribution in [-0.4, -0.2) is 35.2 Å². The molecule has 0 aliphatic rings. The molecule has 98 valence electrons. The standard InChI is InChI=1S/C12H16N2O4/c1-2-5-13-7-11(16)14-8-3-4-10(15)9(6-8)12(17)18/h3-4,6,13,15H,2,5,7H2,1H3,(H,14,16)(H,17,18). The van der Waals surface area contributed by atoms with E-state index >= 15 is 0 Å². The summed E-state index contributed by atoms with van der Waals surface area (Å²) >= 11 is 0. The van der Waals surface area contributed by atoms with Crippen LogP contribution >= 0.6 is 0 Å². The maximum Gasteiger partial charge on any atom is 0.339 e. The molecular weight excluding hydrogens is 236 g/mol. The van der Waals surface area contributed by atoms with E-state index in [0.717, 1.165) is 13.0 Å². The molecule has 1 aromatic carbocycles. The number of nitrogens with one attached hydrogen (secondary N) is 2. The van der Waals surface area contributed by atoms with Gasteiger partial charge in [0.15, 0.2) is 0 Å². The van der Waals surface area contributed by atoms with Gasteiger partial charge in [-0.25, -0.2) is 4.79 Å². The van der Waals surface area contributed by atoms with Crippen molar-refractivity contribution in [1.29, 1.82) is 0 Å². The Kier molecular flexibility index (Phi) is 5.13. The first-order valence-corrected chi connectivity index (χ1v) is 5.61. The molecular formula is C12H16N2O4. The predicted octanol–water partition coefficient (Wildman–Crippen LogP) is 1.03. The van der Waals surface area contributed by atoms with Crippen molar-refractivity contribution in [1.82, 2.24) is 5.32 Å². The second kappa shape index (κ2) is 6.61. The third-order valence-electron chi connectivity index (χ3n) is 2.22. The zero-order valence-electron chi connectivity index (χ0n) is 10.1. The number of aromatic carboxylic acids is 1. The first-order chi connectivity index (χ1) is 8.54. The molecule has 0 aromatic heterocycles. The van der Waals surface area contributed by atoms with Gasteiger partial charge in [-0.05, 0) is 31.2 Å². The molecule has 4 N–H and O–H groups in total. The molecule has 0 aliphatic carbocycles. The minimum Gasteiger partial charge on any atom is -0.507 e. The Labute approximate surface area is 105 Å². The Morgan fingerprint density at radius 3 is 2.67 bits per heavy atom. The average Bonchev–Trinajstić information content (AvgIpc) is 2.31. The molecule has 6 heteroatoms. The van der Waals surface area contributed by atoms with E-state index in [4.69, 9.17) is 5.11 Å². The highest BCUT2D eigenvalue weighted by Gasteiger charge is 2.11. The Hall–Kier alpha value is -2.08. The summed E-state index contributed by atoms with van der Waals surface area (Å²) in [6, 6.07) is 3.90. The number of aromatic hydroxyl groups is 1. The van der Waals surface area contributed by atoms with Gasteiger partial charge in [-0.1, -0.05) is 6.92 Å². The van der Waals surface area contributed by atoms with Gasteiger partial charge in [0.2, 0.25) is 5.91 Å². The van der Waals surface area contributed by atoms with Crippen LogP contribution in [0.4, 0.5) is 5.69 Å². The number of rotatable bonds is 6. The van der Waals surface area contributed by atoms with Gasteiger partial charge >= 0.3 is 5.97 Å². The minimum atomic E-state index is -1.24. The lowest BCUT2D eigenvalue weighted by molar-refractivity contribution is -0.115. The summed E-state index contributed by atoms with van der Waals surface area (Å²) in [6.07, 6.45) is 0.926. The third kappa shape index (κ3) is 4.06. The topological polar surface area (TPSA) is 98.7 Å². The maximum atomic E-state index is 11.5. The zero-order chi connectivity index (χ0) is 13.5. The highest BCUT2D eigenvalue weighted by molar-refractivity contribution is 5.96. The summed E-state index contributed by atoms with van der Waals surface area (Å²) in [5.74, 6) is -1.83. The highest BCUT2D eigenvalue weighted by atomic mass is 16.4. The van der Waals surface area contributed by atoms with Crippen molar-refractivity contribution in [2.24, 2.45) is 0 Å². The molecule has 0 radical (unpaired) electrons. The van der Waals surface area contributed by atoms with E-state index in [1.807, 2.05) is 6.92 Å². The van der Waals surface area contributed by atoms with Crippen molar-refractivity contribution in [3.63, 3.8) is 0 Å². The van der Waals surface area contributed by atoms with Crippen LogP contribution in [0.1, 0.15) is 23.7 Å². The molecule has 18 heavy (non-hydrogen) atoms. The predicted molar refractivity (Wildman–Crippen MR) is 66.9 cm³/mol. The van der Waals surface area contributed by atoms with Gasteiger partial charge in [0.25, 0.3) is 0 Å². The van der Waals surface area contributed by atoms with Crippen LogP contribution in [-0.2, 0) is 4.79 Å². The lowest BCUT2D eigenvalue weighted by Gasteiger charge is -2.07. The van der Waals surface area contributed by atoms with Crippen molar-refractivity contribution < 1.29 is 19.8 Å². The van der Waals surface area contributed by atoms with Gasteiger partial charge in [-0.15, -0.1) is 0 Å². The summed E-state index contributed by atoms with van der Waals surface area (Å²) in [6.45, 7) is 2.89. The van der Waals surface area contributed by atoms with Gasteiger partial charge in [0, 0.05) is 5.69 Å². The van der Waals surface area contributed by atoms with Gasteiger partial charge < -0.3 is 20.8 Å². The number of anilines is 1. The number of carboxylic acids is 1. The lowest BCUT2D eigenvalue weighted by Crippen LogP contribution is -2.28. The van der Waals surface area contributed by atoms with Crippen molar-refractivity contribution in [2.75, 3.05) is 18.4 Å². The van der Waals surface area contributed by atoms with E-state index in [-0.39, 0.29) is 23.8 Å². The fraction of sp³-hybridized carbons (Fsp3) is 0.333. The smallest absolute Gasteiger partial charge is 0.339 e. The third-order valence-corrected chi connectivity index (χ3v) is 2.22. The number of carboxylic acid groups (broad SMARTS) is 1. The Balaban J connectivity index is 2.65. The van der Waals surface area contributed by atoms with E-state index in [2.05, 4.69) is 10.6 Å². The number of hydrogen-bond donors (Lipinski definition) is 4. The fourth-order valence-electron chi connectivity index (χ4n) is 1.37. The summed E-state index contributed by atoms with van der Waals surface area (Å²) in [5.41, 5.74) is 0.0998. The molecule has 0 spiro atoms. The quantitative estimate of drug-likeness (QED) is 0.447. The van der Waals surface area contributed by atoms with Crippen LogP contribution in [0.3, 0.4) is 0 Å². The molecule has 0 heterocycles. The van der Waals surface area contributed by atoms with Gasteiger partial charge in [-0.2, -0.15) is 0 Å². The fourth-order valence-corrected chi connectivity index (χ4v) is 1.37. The van der Waals surface area contributed by atoms with Crippen LogP contribution in [0.25, 0.3) is 0 Å². The average molecular weight is 252 g/mol. The molecule has 0 bridgehead atoms. The van der Waals surface area contributed by atoms with Crippen LogP contribution in [0.2, 0.25) is 0 Å². The van der Waals surface area contributed by atoms with Crippen molar-refractivity contribution >= 4 is 17.6 Å². The van der Waals surface area contributed by atoms with Crippen molar-refractivity contribution in [3.05, 3.63) is 23.8 Å². The van der Waals surface area contributed by atoms with Gasteiger partial charge in [0.05, 0.1) is 6.54 Å². The van der Waals surface area contributed by atoms with Gasteiger partial charge in [0.1, 0.15) is 11.3 Å². The Morgan fingerprint density at radius 2 is 2.06 bits per heavy atom. The number of benzene rings is 1. The minimum absolute atomic E-state index is 0.164. The first kappa shape index (κ1) is 14.0. The van der Waals surface area contributed by atoms with Crippen LogP contribution in [0.5, 0.6) is 5.75 Å². The first-order valence-electron chi connectivity index (χ1n) is 5.61. The Bertz CT molecular complexity index is 446. The summed E-state index contributed by atoms with van der Waals surface area (Å²) in [7, 11) is 0. The SMILES string of the molecule is CCCNCC(=O)Nc1ccc(O)c(C(=O)O)c1. The van der Waals surface area contributed by atoms with E-state index in [1.165, 1.54) is 18.2 Å². The van der Waals surface area contributed by atoms with Crippen molar-refractivity contribution in [3.8, 4) is 5.75 Å². The number of hydrogen-bond acceptors (Lipinski definition) is 4. The second-order valence-electron chi connectivity index (χ2n) is 3.76. The van der Waals surface area contributed by atoms with Crippen molar-refractivity contribution in [2.45, 2.75) is 13.3 Å². The van der Waals surface area contributed by atoms with E-state index in [1.54, 1.807) is 0 Å². The normalized spacial score (nSPS) is 10.1. The largest absolute Gasteiger partial charge is 0.507 e. The lowest BCUT2D eigenvalue weighted by atomic mass is 10.2. The van der Waals surface area contributed by atoms with Gasteiger partial charge in [-0.3, -0.25) is 4.79 Å². The second-order valence-corrected chi connectivity index (χ2v) is 3.76. The molecule has 1 amide bonds. The molecule has 0 fully saturated rings. The van der Waals surface area contributed by atoms with E-state index in [9.17, 15) is 14.7 Å². The molecule has 6 nitrogen and oxygen atoms in total. The molecule has 0 saturated carbocycles. The molecule has 1 aromatic rings. The molecule has 0 atom stereocenters. The molecule has 1 rings (SSSR count). The van der Waals surface area contributed by atoms with E-state index in [0.29, 0.717) is 5.69 Å². The maximum absolute atomic E-state index is 11.5. The monoisotopic (exact) mass is 252 g/mol.